The van der Waals surface area contributed by atoms with Crippen LogP contribution in [0, 0.1) is 5.92 Å². The highest BCUT2D eigenvalue weighted by Crippen LogP contribution is 2.01. The van der Waals surface area contributed by atoms with Crippen molar-refractivity contribution >= 4 is 11.8 Å². The van der Waals surface area contributed by atoms with Crippen molar-refractivity contribution in [2.45, 2.75) is 26.4 Å². The molecule has 1 aromatic heterocycles. The number of ether oxygens (including phenoxy) is 1. The first-order valence-electron chi connectivity index (χ1n) is 6.00. The number of aliphatic hydroxyl groups is 1. The third-order valence-electron chi connectivity index (χ3n) is 2.45. The molecule has 0 aliphatic heterocycles. The van der Waals surface area contributed by atoms with Crippen LogP contribution in [0.3, 0.4) is 0 Å². The van der Waals surface area contributed by atoms with Gasteiger partial charge in [0, 0.05) is 18.9 Å². The van der Waals surface area contributed by atoms with E-state index in [1.165, 1.54) is 17.9 Å². The lowest BCUT2D eigenvalue weighted by Gasteiger charge is -2.15. The van der Waals surface area contributed by atoms with Crippen LogP contribution in [0.5, 0.6) is 0 Å². The highest BCUT2D eigenvalue weighted by atomic mass is 16.5. The highest BCUT2D eigenvalue weighted by molar-refractivity contribution is 5.78. The summed E-state index contributed by atoms with van der Waals surface area (Å²) < 4.78 is 6.02. The lowest BCUT2D eigenvalue weighted by molar-refractivity contribution is -0.142. The molecule has 1 unspecified atom stereocenters. The number of hydrogen-bond acceptors (Lipinski definition) is 6. The van der Waals surface area contributed by atoms with Crippen molar-refractivity contribution in [3.63, 3.8) is 0 Å². The summed E-state index contributed by atoms with van der Waals surface area (Å²) >= 11 is 0. The Kier molecular flexibility index (Phi) is 5.50. The van der Waals surface area contributed by atoms with E-state index in [4.69, 9.17) is 5.11 Å². The standard InChI is InChI=1S/C12H19N3O4/c1-8(2)6-15-5-4-13-10(11(15)17)14-9(7-16)12(18)19-3/h4-5,8-9,16H,6-7H2,1-3H3,(H,13,14). The van der Waals surface area contributed by atoms with Crippen LogP contribution in [0.1, 0.15) is 13.8 Å². The molecular formula is C12H19N3O4. The molecule has 0 saturated heterocycles. The van der Waals surface area contributed by atoms with Crippen molar-refractivity contribution in [3.8, 4) is 0 Å². The summed E-state index contributed by atoms with van der Waals surface area (Å²) in [5.41, 5.74) is -0.335. The van der Waals surface area contributed by atoms with Gasteiger partial charge in [0.05, 0.1) is 13.7 Å². The molecule has 0 saturated carbocycles. The predicted octanol–water partition coefficient (Wildman–Crippen LogP) is -0.155. The molecule has 1 heterocycles. The monoisotopic (exact) mass is 269 g/mol. The second kappa shape index (κ2) is 6.89. The van der Waals surface area contributed by atoms with Crippen LogP contribution in [-0.2, 0) is 16.1 Å². The fourth-order valence-electron chi connectivity index (χ4n) is 1.57. The van der Waals surface area contributed by atoms with E-state index in [0.717, 1.165) is 0 Å². The Morgan fingerprint density at radius 3 is 2.79 bits per heavy atom. The largest absolute Gasteiger partial charge is 0.467 e. The lowest BCUT2D eigenvalue weighted by atomic mass is 10.2. The average molecular weight is 269 g/mol. The molecule has 7 heteroatoms. The highest BCUT2D eigenvalue weighted by Gasteiger charge is 2.20. The first-order valence-corrected chi connectivity index (χ1v) is 6.00. The quantitative estimate of drug-likeness (QED) is 0.697. The van der Waals surface area contributed by atoms with Crippen molar-refractivity contribution in [1.29, 1.82) is 0 Å². The van der Waals surface area contributed by atoms with Gasteiger partial charge in [0.25, 0.3) is 5.56 Å². The fraction of sp³-hybridized carbons (Fsp3) is 0.583. The summed E-state index contributed by atoms with van der Waals surface area (Å²) in [6, 6.07) is -1.000. The van der Waals surface area contributed by atoms with Gasteiger partial charge in [-0.3, -0.25) is 4.79 Å². The predicted molar refractivity (Wildman–Crippen MR) is 69.8 cm³/mol. The molecule has 106 valence electrons. The van der Waals surface area contributed by atoms with Gasteiger partial charge in [0.1, 0.15) is 6.04 Å². The number of methoxy groups -OCH3 is 1. The van der Waals surface area contributed by atoms with Crippen molar-refractivity contribution in [3.05, 3.63) is 22.7 Å². The minimum absolute atomic E-state index is 0.0209. The second-order valence-corrected chi connectivity index (χ2v) is 4.53. The molecule has 1 aromatic rings. The zero-order valence-electron chi connectivity index (χ0n) is 11.3. The number of nitrogens with zero attached hydrogens (tertiary/aromatic N) is 2. The van der Waals surface area contributed by atoms with E-state index in [2.05, 4.69) is 15.0 Å². The van der Waals surface area contributed by atoms with Crippen LogP contribution in [-0.4, -0.2) is 40.4 Å². The van der Waals surface area contributed by atoms with Gasteiger partial charge in [0.15, 0.2) is 5.82 Å². The molecule has 0 aliphatic rings. The maximum Gasteiger partial charge on any atom is 0.330 e. The van der Waals surface area contributed by atoms with Crippen LogP contribution in [0.4, 0.5) is 5.82 Å². The third-order valence-corrected chi connectivity index (χ3v) is 2.45. The van der Waals surface area contributed by atoms with Crippen LogP contribution < -0.4 is 10.9 Å². The summed E-state index contributed by atoms with van der Waals surface area (Å²) in [4.78, 5) is 27.3. The maximum absolute atomic E-state index is 12.1. The Balaban J connectivity index is 2.95. The van der Waals surface area contributed by atoms with Gasteiger partial charge in [-0.05, 0) is 5.92 Å². The molecule has 0 spiro atoms. The lowest BCUT2D eigenvalue weighted by Crippen LogP contribution is -2.37. The van der Waals surface area contributed by atoms with E-state index >= 15 is 0 Å². The average Bonchev–Trinajstić information content (AvgIpc) is 2.38. The van der Waals surface area contributed by atoms with Gasteiger partial charge in [-0.1, -0.05) is 13.8 Å². The van der Waals surface area contributed by atoms with Gasteiger partial charge in [0.2, 0.25) is 0 Å². The Hall–Kier alpha value is -1.89. The van der Waals surface area contributed by atoms with E-state index in [1.54, 1.807) is 6.20 Å². The van der Waals surface area contributed by atoms with Crippen molar-refractivity contribution in [2.24, 2.45) is 5.92 Å². The molecular weight excluding hydrogens is 250 g/mol. The number of carbonyl (C=O) groups excluding carboxylic acids is 1. The van der Waals surface area contributed by atoms with Crippen LogP contribution >= 0.6 is 0 Å². The van der Waals surface area contributed by atoms with Crippen molar-refractivity contribution < 1.29 is 14.6 Å². The molecule has 19 heavy (non-hydrogen) atoms. The number of anilines is 1. The van der Waals surface area contributed by atoms with E-state index in [0.29, 0.717) is 12.5 Å². The molecule has 0 radical (unpaired) electrons. The number of nitrogens with one attached hydrogen (secondary N) is 1. The van der Waals surface area contributed by atoms with Gasteiger partial charge < -0.3 is 19.7 Å². The first-order chi connectivity index (χ1) is 8.99. The van der Waals surface area contributed by atoms with E-state index in [1.807, 2.05) is 13.8 Å². The number of aromatic nitrogens is 2. The molecule has 1 atom stereocenters. The SMILES string of the molecule is COC(=O)C(CO)Nc1nccn(CC(C)C)c1=O. The van der Waals surface area contributed by atoms with Crippen molar-refractivity contribution in [1.82, 2.24) is 9.55 Å². The molecule has 0 amide bonds. The van der Waals surface area contributed by atoms with E-state index in [9.17, 15) is 9.59 Å². The summed E-state index contributed by atoms with van der Waals surface area (Å²) in [7, 11) is 1.21. The summed E-state index contributed by atoms with van der Waals surface area (Å²) in [5, 5.41) is 11.7. The third kappa shape index (κ3) is 4.06. The van der Waals surface area contributed by atoms with Gasteiger partial charge in [-0.25, -0.2) is 9.78 Å². The van der Waals surface area contributed by atoms with Gasteiger partial charge in [-0.2, -0.15) is 0 Å². The van der Waals surface area contributed by atoms with Crippen LogP contribution in [0.15, 0.2) is 17.2 Å². The zero-order chi connectivity index (χ0) is 14.4. The first kappa shape index (κ1) is 15.2. The Morgan fingerprint density at radius 1 is 1.58 bits per heavy atom. The minimum atomic E-state index is -1.000. The number of esters is 1. The maximum atomic E-state index is 12.1. The second-order valence-electron chi connectivity index (χ2n) is 4.53. The molecule has 2 N–H and O–H groups in total. The number of rotatable bonds is 6. The molecule has 7 nitrogen and oxygen atoms in total. The van der Waals surface area contributed by atoms with E-state index in [-0.39, 0.29) is 11.4 Å². The number of aliphatic hydroxyl groups excluding tert-OH is 1. The van der Waals surface area contributed by atoms with Gasteiger partial charge >= 0.3 is 5.97 Å². The molecule has 1 rings (SSSR count). The number of carbonyl (C=O) groups is 1. The summed E-state index contributed by atoms with van der Waals surface area (Å²) in [5.74, 6) is -0.322. The van der Waals surface area contributed by atoms with Crippen molar-refractivity contribution in [2.75, 3.05) is 19.0 Å². The topological polar surface area (TPSA) is 93.4 Å². The van der Waals surface area contributed by atoms with Gasteiger partial charge in [-0.15, -0.1) is 0 Å². The fourth-order valence-corrected chi connectivity index (χ4v) is 1.57. The Labute approximate surface area is 111 Å². The Bertz CT molecular complexity index is 484. The smallest absolute Gasteiger partial charge is 0.330 e. The normalized spacial score (nSPS) is 12.3. The van der Waals surface area contributed by atoms with E-state index < -0.39 is 18.6 Å². The Morgan fingerprint density at radius 2 is 2.26 bits per heavy atom. The minimum Gasteiger partial charge on any atom is -0.467 e. The molecule has 0 bridgehead atoms. The molecule has 0 aliphatic carbocycles. The van der Waals surface area contributed by atoms with Crippen LogP contribution in [0.25, 0.3) is 0 Å². The summed E-state index contributed by atoms with van der Waals surface area (Å²) in [6.45, 7) is 4.06. The van der Waals surface area contributed by atoms with Crippen LogP contribution in [0.2, 0.25) is 0 Å². The number of hydrogen-bond donors (Lipinski definition) is 2. The molecule has 0 aromatic carbocycles. The summed E-state index contributed by atoms with van der Waals surface area (Å²) in [6.07, 6.45) is 3.05. The zero-order valence-corrected chi connectivity index (χ0v) is 11.3. The molecule has 0 fully saturated rings.